The molecular formula is C15H18N4O3S3. The molecule has 0 aromatic heterocycles. The molecule has 1 aromatic rings. The quantitative estimate of drug-likeness (QED) is 0.789. The van der Waals surface area contributed by atoms with Crippen molar-refractivity contribution in [1.29, 1.82) is 0 Å². The molecule has 0 saturated carbocycles. The van der Waals surface area contributed by atoms with Crippen molar-refractivity contribution in [2.45, 2.75) is 17.7 Å². The lowest BCUT2D eigenvalue weighted by atomic mass is 10.3. The molecule has 1 amide bonds. The van der Waals surface area contributed by atoms with Crippen LogP contribution < -0.4 is 10.0 Å². The van der Waals surface area contributed by atoms with Crippen LogP contribution in [0, 0.1) is 0 Å². The maximum absolute atomic E-state index is 12.4. The van der Waals surface area contributed by atoms with E-state index < -0.39 is 10.0 Å². The highest BCUT2D eigenvalue weighted by Gasteiger charge is 2.19. The van der Waals surface area contributed by atoms with E-state index in [0.29, 0.717) is 24.5 Å². The van der Waals surface area contributed by atoms with Crippen molar-refractivity contribution in [3.63, 3.8) is 0 Å². The molecule has 0 aliphatic carbocycles. The summed E-state index contributed by atoms with van der Waals surface area (Å²) in [5, 5.41) is 2.73. The Balaban J connectivity index is 1.61. The van der Waals surface area contributed by atoms with Crippen LogP contribution in [0.25, 0.3) is 0 Å². The smallest absolute Gasteiger partial charge is 0.262 e. The fourth-order valence-corrected chi connectivity index (χ4v) is 5.25. The van der Waals surface area contributed by atoms with Crippen molar-refractivity contribution in [2.24, 2.45) is 9.98 Å². The first-order valence-corrected chi connectivity index (χ1v) is 11.2. The number of sulfonamides is 1. The summed E-state index contributed by atoms with van der Waals surface area (Å²) in [5.41, 5.74) is 0.447. The fourth-order valence-electron chi connectivity index (χ4n) is 2.31. The minimum atomic E-state index is -3.69. The van der Waals surface area contributed by atoms with Crippen LogP contribution in [0.1, 0.15) is 12.8 Å². The van der Waals surface area contributed by atoms with Crippen LogP contribution in [0.4, 0.5) is 5.69 Å². The Hall–Kier alpha value is -1.52. The molecule has 134 valence electrons. The number of amides is 1. The van der Waals surface area contributed by atoms with Crippen molar-refractivity contribution in [3.05, 3.63) is 24.3 Å². The van der Waals surface area contributed by atoms with Crippen molar-refractivity contribution in [3.8, 4) is 0 Å². The minimum absolute atomic E-state index is 0.100. The second kappa shape index (κ2) is 8.24. The van der Waals surface area contributed by atoms with Gasteiger partial charge >= 0.3 is 0 Å². The summed E-state index contributed by atoms with van der Waals surface area (Å²) in [4.78, 5) is 20.5. The largest absolute Gasteiger partial charge is 0.325 e. The highest BCUT2D eigenvalue weighted by molar-refractivity contribution is 8.39. The third-order valence-corrected chi connectivity index (χ3v) is 7.07. The summed E-state index contributed by atoms with van der Waals surface area (Å²) in [6, 6.07) is 6.20. The molecule has 0 spiro atoms. The summed E-state index contributed by atoms with van der Waals surface area (Å²) in [6.07, 6.45) is 1.49. The zero-order chi connectivity index (χ0) is 17.7. The normalized spacial score (nSPS) is 17.1. The number of nitrogens with one attached hydrogen (secondary N) is 2. The lowest BCUT2D eigenvalue weighted by Gasteiger charge is -2.10. The third kappa shape index (κ3) is 5.23. The van der Waals surface area contributed by atoms with Gasteiger partial charge in [0.1, 0.15) is 10.2 Å². The predicted octanol–water partition coefficient (Wildman–Crippen LogP) is 1.93. The zero-order valence-electron chi connectivity index (χ0n) is 13.4. The standard InChI is InChI=1S/C15H18N4O3S3/c20-14(10-24-15-17-7-8-23-15)18-11-3-1-4-12(9-11)25(21,22)19-13-5-2-6-16-13/h1,3-4,9H,2,5-8,10H2,(H,16,19)(H,18,20). The lowest BCUT2D eigenvalue weighted by Crippen LogP contribution is -2.29. The first-order valence-electron chi connectivity index (χ1n) is 7.79. The van der Waals surface area contributed by atoms with Crippen LogP contribution in [-0.2, 0) is 14.8 Å². The highest BCUT2D eigenvalue weighted by Crippen LogP contribution is 2.22. The molecule has 0 saturated heterocycles. The van der Waals surface area contributed by atoms with Gasteiger partial charge in [-0.2, -0.15) is 0 Å². The van der Waals surface area contributed by atoms with E-state index in [-0.39, 0.29) is 16.6 Å². The minimum Gasteiger partial charge on any atom is -0.325 e. The van der Waals surface area contributed by atoms with Gasteiger partial charge in [0.15, 0.2) is 0 Å². The second-order valence-electron chi connectivity index (χ2n) is 5.40. The van der Waals surface area contributed by atoms with E-state index in [0.717, 1.165) is 23.1 Å². The molecule has 0 bridgehead atoms. The number of anilines is 1. The van der Waals surface area contributed by atoms with E-state index in [4.69, 9.17) is 0 Å². The summed E-state index contributed by atoms with van der Waals surface area (Å²) >= 11 is 3.04. The number of nitrogens with zero attached hydrogens (tertiary/aromatic N) is 2. The number of carbonyl (C=O) groups is 1. The lowest BCUT2D eigenvalue weighted by molar-refractivity contribution is -0.113. The summed E-state index contributed by atoms with van der Waals surface area (Å²) in [5.74, 6) is 1.50. The Labute approximate surface area is 155 Å². The average molecular weight is 399 g/mol. The van der Waals surface area contributed by atoms with Crippen LogP contribution in [0.3, 0.4) is 0 Å². The number of amidine groups is 1. The SMILES string of the molecule is O=C(CSC1=NCCS1)Nc1cccc(S(=O)(=O)NC2=NCCC2)c1. The van der Waals surface area contributed by atoms with Crippen molar-refractivity contribution < 1.29 is 13.2 Å². The van der Waals surface area contributed by atoms with Gasteiger partial charge in [0.05, 0.1) is 17.2 Å². The zero-order valence-corrected chi connectivity index (χ0v) is 15.8. The number of thioether (sulfide) groups is 2. The molecule has 2 heterocycles. The van der Waals surface area contributed by atoms with Crippen molar-refractivity contribution in [1.82, 2.24) is 4.72 Å². The van der Waals surface area contributed by atoms with E-state index in [1.807, 2.05) is 0 Å². The molecule has 3 rings (SSSR count). The number of carbonyl (C=O) groups excluding carboxylic acids is 1. The monoisotopic (exact) mass is 398 g/mol. The Morgan fingerprint density at radius 3 is 2.88 bits per heavy atom. The van der Waals surface area contributed by atoms with Crippen LogP contribution in [0.2, 0.25) is 0 Å². The number of aliphatic imine (C=N–C) groups is 2. The fraction of sp³-hybridized carbons (Fsp3) is 0.400. The third-order valence-electron chi connectivity index (χ3n) is 3.44. The van der Waals surface area contributed by atoms with Crippen LogP contribution in [0.5, 0.6) is 0 Å². The van der Waals surface area contributed by atoms with Gasteiger partial charge < -0.3 is 5.32 Å². The van der Waals surface area contributed by atoms with Crippen molar-refractivity contribution >= 4 is 55.4 Å². The van der Waals surface area contributed by atoms with Crippen LogP contribution in [0.15, 0.2) is 39.1 Å². The van der Waals surface area contributed by atoms with Gasteiger partial charge in [-0.25, -0.2) is 8.42 Å². The highest BCUT2D eigenvalue weighted by atomic mass is 32.2. The Morgan fingerprint density at radius 2 is 2.16 bits per heavy atom. The van der Waals surface area contributed by atoms with Gasteiger partial charge in [-0.05, 0) is 24.6 Å². The molecule has 0 fully saturated rings. The van der Waals surface area contributed by atoms with Gasteiger partial charge in [-0.1, -0.05) is 29.6 Å². The Kier molecular flexibility index (Phi) is 6.02. The first kappa shape index (κ1) is 18.3. The van der Waals surface area contributed by atoms with E-state index in [9.17, 15) is 13.2 Å². The molecule has 1 aromatic carbocycles. The number of hydrogen-bond acceptors (Lipinski definition) is 7. The number of benzene rings is 1. The number of rotatable bonds is 5. The van der Waals surface area contributed by atoms with E-state index in [1.54, 1.807) is 23.9 Å². The molecular weight excluding hydrogens is 380 g/mol. The molecule has 0 atom stereocenters. The van der Waals surface area contributed by atoms with E-state index >= 15 is 0 Å². The van der Waals surface area contributed by atoms with E-state index in [1.165, 1.54) is 23.9 Å². The molecule has 0 radical (unpaired) electrons. The van der Waals surface area contributed by atoms with Crippen molar-refractivity contribution in [2.75, 3.05) is 29.9 Å². The molecule has 2 N–H and O–H groups in total. The summed E-state index contributed by atoms with van der Waals surface area (Å²) in [7, 11) is -3.69. The molecule has 7 nitrogen and oxygen atoms in total. The Morgan fingerprint density at radius 1 is 1.28 bits per heavy atom. The predicted molar refractivity (Wildman–Crippen MR) is 104 cm³/mol. The van der Waals surface area contributed by atoms with Gasteiger partial charge in [0.25, 0.3) is 10.0 Å². The van der Waals surface area contributed by atoms with Gasteiger partial charge in [0, 0.05) is 24.4 Å². The first-order chi connectivity index (χ1) is 12.0. The molecule has 2 aliphatic heterocycles. The molecule has 10 heteroatoms. The summed E-state index contributed by atoms with van der Waals surface area (Å²) < 4.78 is 28.2. The molecule has 25 heavy (non-hydrogen) atoms. The maximum atomic E-state index is 12.4. The maximum Gasteiger partial charge on any atom is 0.262 e. The van der Waals surface area contributed by atoms with Gasteiger partial charge in [-0.3, -0.25) is 19.5 Å². The topological polar surface area (TPSA) is 100.0 Å². The van der Waals surface area contributed by atoms with Gasteiger partial charge in [0.2, 0.25) is 5.91 Å². The summed E-state index contributed by atoms with van der Waals surface area (Å²) in [6.45, 7) is 1.45. The van der Waals surface area contributed by atoms with E-state index in [2.05, 4.69) is 20.0 Å². The molecule has 2 aliphatic rings. The van der Waals surface area contributed by atoms with Crippen LogP contribution >= 0.6 is 23.5 Å². The second-order valence-corrected chi connectivity index (χ2v) is 9.39. The number of hydrogen-bond donors (Lipinski definition) is 2. The average Bonchev–Trinajstić information content (AvgIpc) is 3.26. The van der Waals surface area contributed by atoms with Gasteiger partial charge in [-0.15, -0.1) is 0 Å². The molecule has 0 unspecified atom stereocenters. The van der Waals surface area contributed by atoms with Crippen LogP contribution in [-0.4, -0.2) is 49.1 Å². The Bertz CT molecular complexity index is 821.